The second kappa shape index (κ2) is 4.40. The average molecular weight is 302 g/mol. The molecule has 1 aliphatic rings. The van der Waals surface area contributed by atoms with Crippen LogP contribution in [-0.4, -0.2) is 11.6 Å². The van der Waals surface area contributed by atoms with Gasteiger partial charge in [-0.25, -0.2) is 13.8 Å². The smallest absolute Gasteiger partial charge is 0.159 e. The Hall–Kier alpha value is -1.23. The van der Waals surface area contributed by atoms with E-state index in [2.05, 4.69) is 4.98 Å². The predicted octanol–water partition coefficient (Wildman–Crippen LogP) is 3.94. The van der Waals surface area contributed by atoms with Crippen molar-refractivity contribution >= 4 is 23.2 Å². The van der Waals surface area contributed by atoms with E-state index in [1.807, 2.05) is 0 Å². The van der Waals surface area contributed by atoms with E-state index in [1.54, 1.807) is 12.1 Å². The van der Waals surface area contributed by atoms with Crippen molar-refractivity contribution < 1.29 is 13.5 Å². The van der Waals surface area contributed by atoms with Gasteiger partial charge in [0.25, 0.3) is 0 Å². The number of hydrogen-bond donors (Lipinski definition) is 0. The van der Waals surface area contributed by atoms with Gasteiger partial charge in [-0.2, -0.15) is 0 Å². The maximum Gasteiger partial charge on any atom is 0.159 e. The Morgan fingerprint density at radius 1 is 1.11 bits per heavy atom. The molecule has 0 radical (unpaired) electrons. The second-order valence-corrected chi connectivity index (χ2v) is 4.96. The van der Waals surface area contributed by atoms with Gasteiger partial charge in [0.2, 0.25) is 0 Å². The fraction of sp³-hybridized carbons (Fsp3) is 0.154. The van der Waals surface area contributed by atoms with Crippen molar-refractivity contribution in [2.75, 3.05) is 6.61 Å². The summed E-state index contributed by atoms with van der Waals surface area (Å²) in [5.74, 6) is -1.83. The second-order valence-electron chi connectivity index (χ2n) is 4.22. The highest BCUT2D eigenvalue weighted by Gasteiger charge is 2.50. The Labute approximate surface area is 117 Å². The van der Waals surface area contributed by atoms with E-state index in [-0.39, 0.29) is 10.3 Å². The van der Waals surface area contributed by atoms with Gasteiger partial charge in [-0.1, -0.05) is 29.3 Å². The number of hydrogen-bond acceptors (Lipinski definition) is 2. The average Bonchev–Trinajstić information content (AvgIpc) is 3.14. The Bertz CT molecular complexity index is 659. The van der Waals surface area contributed by atoms with E-state index in [9.17, 15) is 8.78 Å². The van der Waals surface area contributed by atoms with Crippen LogP contribution in [0.5, 0.6) is 0 Å². The fourth-order valence-corrected chi connectivity index (χ4v) is 2.51. The van der Waals surface area contributed by atoms with Gasteiger partial charge < -0.3 is 4.74 Å². The normalized spacial score (nSPS) is 21.5. The SMILES string of the molecule is Fc1ccc(C2(c3ccc(Cl)nc3Cl)CO2)cc1F. The van der Waals surface area contributed by atoms with Gasteiger partial charge in [-0.05, 0) is 29.8 Å². The monoisotopic (exact) mass is 301 g/mol. The number of ether oxygens (including phenoxy) is 1. The molecule has 6 heteroatoms. The molecule has 0 amide bonds. The van der Waals surface area contributed by atoms with Gasteiger partial charge >= 0.3 is 0 Å². The zero-order chi connectivity index (χ0) is 13.6. The van der Waals surface area contributed by atoms with Crippen molar-refractivity contribution in [3.63, 3.8) is 0 Å². The fourth-order valence-electron chi connectivity index (χ4n) is 2.01. The van der Waals surface area contributed by atoms with Crippen LogP contribution in [-0.2, 0) is 10.3 Å². The third kappa shape index (κ3) is 2.10. The van der Waals surface area contributed by atoms with Crippen LogP contribution in [0.1, 0.15) is 11.1 Å². The standard InChI is InChI=1S/C13H7Cl2F2NO/c14-11-4-2-8(12(15)18-11)13(6-19-13)7-1-3-9(16)10(17)5-7/h1-5H,6H2. The molecule has 2 aromatic rings. The van der Waals surface area contributed by atoms with Crippen molar-refractivity contribution in [3.05, 3.63) is 63.4 Å². The van der Waals surface area contributed by atoms with Gasteiger partial charge in [-0.15, -0.1) is 0 Å². The molecule has 19 heavy (non-hydrogen) atoms. The van der Waals surface area contributed by atoms with Crippen LogP contribution < -0.4 is 0 Å². The molecule has 0 N–H and O–H groups in total. The summed E-state index contributed by atoms with van der Waals surface area (Å²) in [5.41, 5.74) is 0.227. The Kier molecular flexibility index (Phi) is 2.96. The zero-order valence-electron chi connectivity index (χ0n) is 9.46. The highest BCUT2D eigenvalue weighted by atomic mass is 35.5. The van der Waals surface area contributed by atoms with Crippen molar-refractivity contribution in [3.8, 4) is 0 Å². The zero-order valence-corrected chi connectivity index (χ0v) is 11.0. The van der Waals surface area contributed by atoms with Crippen molar-refractivity contribution in [1.29, 1.82) is 0 Å². The number of benzene rings is 1. The van der Waals surface area contributed by atoms with Gasteiger partial charge in [0.05, 0.1) is 6.61 Å². The Morgan fingerprint density at radius 2 is 1.84 bits per heavy atom. The lowest BCUT2D eigenvalue weighted by Gasteiger charge is -2.14. The molecule has 2 heterocycles. The third-order valence-electron chi connectivity index (χ3n) is 3.07. The molecule has 1 atom stereocenters. The van der Waals surface area contributed by atoms with E-state index < -0.39 is 17.2 Å². The summed E-state index contributed by atoms with van der Waals surface area (Å²) in [6.07, 6.45) is 0. The number of halogens is 4. The molecule has 0 saturated carbocycles. The summed E-state index contributed by atoms with van der Waals surface area (Å²) in [7, 11) is 0. The van der Waals surface area contributed by atoms with Gasteiger partial charge in [0, 0.05) is 5.56 Å². The largest absolute Gasteiger partial charge is 0.359 e. The van der Waals surface area contributed by atoms with Crippen LogP contribution in [0.15, 0.2) is 30.3 Å². The van der Waals surface area contributed by atoms with Gasteiger partial charge in [0.15, 0.2) is 11.6 Å². The molecular formula is C13H7Cl2F2NO. The molecule has 3 rings (SSSR count). The number of pyridine rings is 1. The van der Waals surface area contributed by atoms with Gasteiger partial charge in [-0.3, -0.25) is 0 Å². The number of aromatic nitrogens is 1. The number of nitrogens with zero attached hydrogens (tertiary/aromatic N) is 1. The van der Waals surface area contributed by atoms with Crippen molar-refractivity contribution in [2.24, 2.45) is 0 Å². The molecule has 2 nitrogen and oxygen atoms in total. The first-order valence-electron chi connectivity index (χ1n) is 5.45. The maximum atomic E-state index is 13.3. The highest BCUT2D eigenvalue weighted by molar-refractivity contribution is 6.33. The van der Waals surface area contributed by atoms with Crippen LogP contribution in [0.25, 0.3) is 0 Å². The molecule has 0 spiro atoms. The van der Waals surface area contributed by atoms with E-state index in [1.165, 1.54) is 6.07 Å². The minimum Gasteiger partial charge on any atom is -0.359 e. The number of epoxide rings is 1. The predicted molar refractivity (Wildman–Crippen MR) is 67.3 cm³/mol. The molecular weight excluding hydrogens is 295 g/mol. The maximum absolute atomic E-state index is 13.3. The molecule has 1 aliphatic heterocycles. The first-order chi connectivity index (χ1) is 9.03. The van der Waals surface area contributed by atoms with Crippen LogP contribution in [0.3, 0.4) is 0 Å². The van der Waals surface area contributed by atoms with Crippen LogP contribution >= 0.6 is 23.2 Å². The molecule has 1 saturated heterocycles. The topological polar surface area (TPSA) is 25.4 Å². The van der Waals surface area contributed by atoms with E-state index in [0.717, 1.165) is 12.1 Å². The van der Waals surface area contributed by atoms with Crippen molar-refractivity contribution in [1.82, 2.24) is 4.98 Å². The molecule has 0 bridgehead atoms. The van der Waals surface area contributed by atoms with Crippen molar-refractivity contribution in [2.45, 2.75) is 5.60 Å². The summed E-state index contributed by atoms with van der Waals surface area (Å²) in [6, 6.07) is 6.88. The molecule has 1 unspecified atom stereocenters. The highest BCUT2D eigenvalue weighted by Crippen LogP contribution is 2.47. The van der Waals surface area contributed by atoms with Crippen LogP contribution in [0, 0.1) is 11.6 Å². The first kappa shape index (κ1) is 12.8. The quantitative estimate of drug-likeness (QED) is 0.620. The summed E-state index contributed by atoms with van der Waals surface area (Å²) in [6.45, 7) is 0.334. The molecule has 1 aromatic carbocycles. The minimum atomic E-state index is -0.926. The Morgan fingerprint density at radius 3 is 2.42 bits per heavy atom. The van der Waals surface area contributed by atoms with Crippen LogP contribution in [0.2, 0.25) is 10.3 Å². The summed E-state index contributed by atoms with van der Waals surface area (Å²) >= 11 is 11.8. The number of rotatable bonds is 2. The summed E-state index contributed by atoms with van der Waals surface area (Å²) in [4.78, 5) is 3.93. The minimum absolute atomic E-state index is 0.190. The molecule has 1 fully saturated rings. The van der Waals surface area contributed by atoms with E-state index in [4.69, 9.17) is 27.9 Å². The summed E-state index contributed by atoms with van der Waals surface area (Å²) < 4.78 is 31.7. The summed E-state index contributed by atoms with van der Waals surface area (Å²) in [5, 5.41) is 0.449. The lowest BCUT2D eigenvalue weighted by molar-refractivity contribution is 0.347. The van der Waals surface area contributed by atoms with Gasteiger partial charge in [0.1, 0.15) is 15.9 Å². The molecule has 1 aromatic heterocycles. The lowest BCUT2D eigenvalue weighted by Crippen LogP contribution is -2.13. The Balaban J connectivity index is 2.10. The molecule has 98 valence electrons. The molecule has 0 aliphatic carbocycles. The third-order valence-corrected chi connectivity index (χ3v) is 3.57. The van der Waals surface area contributed by atoms with Crippen LogP contribution in [0.4, 0.5) is 8.78 Å². The van der Waals surface area contributed by atoms with E-state index >= 15 is 0 Å². The lowest BCUT2D eigenvalue weighted by atomic mass is 9.93. The van der Waals surface area contributed by atoms with E-state index in [0.29, 0.717) is 17.7 Å². The first-order valence-corrected chi connectivity index (χ1v) is 6.20.